The number of imidazole rings is 1. The summed E-state index contributed by atoms with van der Waals surface area (Å²) in [7, 11) is 0. The number of rotatable bonds is 4. The molecule has 0 saturated carbocycles. The molecule has 0 aromatic carbocycles. The van der Waals surface area contributed by atoms with Gasteiger partial charge in [0, 0.05) is 18.4 Å². The van der Waals surface area contributed by atoms with Crippen LogP contribution < -0.4 is 0 Å². The number of nitrogens with zero attached hydrogens (tertiary/aromatic N) is 5. The molecular weight excluding hydrogens is 286 g/mol. The Balaban J connectivity index is 1.95. The van der Waals surface area contributed by atoms with Gasteiger partial charge in [0.1, 0.15) is 5.52 Å². The molecule has 0 unspecified atom stereocenters. The van der Waals surface area contributed by atoms with Crippen LogP contribution in [0.5, 0.6) is 0 Å². The molecule has 0 spiro atoms. The maximum absolute atomic E-state index is 6.06. The van der Waals surface area contributed by atoms with Gasteiger partial charge in [-0.25, -0.2) is 9.97 Å². The molecule has 0 bridgehead atoms. The van der Waals surface area contributed by atoms with Crippen molar-refractivity contribution < 1.29 is 0 Å². The molecule has 0 amide bonds. The summed E-state index contributed by atoms with van der Waals surface area (Å²) in [6, 6.07) is 4.28. The second kappa shape index (κ2) is 5.77. The molecule has 0 saturated heterocycles. The Bertz CT molecular complexity index is 751. The number of aryl methyl sites for hydroxylation is 2. The van der Waals surface area contributed by atoms with Gasteiger partial charge in [-0.3, -0.25) is 4.98 Å². The molecule has 3 aromatic heterocycles. The number of pyridine rings is 1. The zero-order chi connectivity index (χ0) is 14.8. The third-order valence-corrected chi connectivity index (χ3v) is 3.56. The van der Waals surface area contributed by atoms with Gasteiger partial charge in [-0.1, -0.05) is 6.07 Å². The van der Waals surface area contributed by atoms with Crippen molar-refractivity contribution in [2.75, 3.05) is 0 Å². The summed E-state index contributed by atoms with van der Waals surface area (Å²) in [6.45, 7) is 4.18. The number of fused-ring (bicyclic) bond motifs is 1. The van der Waals surface area contributed by atoms with E-state index < -0.39 is 0 Å². The zero-order valence-corrected chi connectivity index (χ0v) is 12.7. The summed E-state index contributed by atoms with van der Waals surface area (Å²) in [5, 5.41) is 0.270. The lowest BCUT2D eigenvalue weighted by Crippen LogP contribution is -2.03. The number of halogens is 1. The van der Waals surface area contributed by atoms with E-state index in [1.54, 1.807) is 12.5 Å². The van der Waals surface area contributed by atoms with E-state index in [9.17, 15) is 0 Å². The van der Waals surface area contributed by atoms with Crippen molar-refractivity contribution in [3.8, 4) is 0 Å². The molecule has 0 radical (unpaired) electrons. The van der Waals surface area contributed by atoms with Crippen molar-refractivity contribution in [3.63, 3.8) is 0 Å². The fourth-order valence-electron chi connectivity index (χ4n) is 2.31. The molecule has 0 atom stereocenters. The average Bonchev–Trinajstić information content (AvgIpc) is 2.89. The smallest absolute Gasteiger partial charge is 0.224 e. The van der Waals surface area contributed by atoms with Gasteiger partial charge in [-0.15, -0.1) is 0 Å². The first-order valence-electron chi connectivity index (χ1n) is 6.93. The highest BCUT2D eigenvalue weighted by Gasteiger charge is 2.14. The zero-order valence-electron chi connectivity index (χ0n) is 12.0. The highest BCUT2D eigenvalue weighted by atomic mass is 35.5. The van der Waals surface area contributed by atoms with Gasteiger partial charge < -0.3 is 4.57 Å². The summed E-state index contributed by atoms with van der Waals surface area (Å²) in [5.74, 6) is 0. The normalized spacial score (nSPS) is 11.4. The standard InChI is InChI=1S/C15H16ClN5/c1-10(2)21-9-18-13-12(19-15(16)20-14(13)21)6-5-11-4-3-7-17-8-11/h3-4,7-10H,5-6H2,1-2H3. The van der Waals surface area contributed by atoms with Crippen LogP contribution in [-0.2, 0) is 12.8 Å². The van der Waals surface area contributed by atoms with E-state index in [1.807, 2.05) is 16.8 Å². The maximum atomic E-state index is 6.06. The van der Waals surface area contributed by atoms with Crippen molar-refractivity contribution in [2.24, 2.45) is 0 Å². The maximum Gasteiger partial charge on any atom is 0.224 e. The van der Waals surface area contributed by atoms with Crippen LogP contribution in [0.25, 0.3) is 11.2 Å². The Morgan fingerprint density at radius 2 is 2.10 bits per heavy atom. The van der Waals surface area contributed by atoms with Crippen LogP contribution in [-0.4, -0.2) is 24.5 Å². The molecule has 0 aliphatic carbocycles. The molecule has 21 heavy (non-hydrogen) atoms. The lowest BCUT2D eigenvalue weighted by atomic mass is 10.1. The second-order valence-electron chi connectivity index (χ2n) is 5.22. The van der Waals surface area contributed by atoms with Crippen molar-refractivity contribution in [1.82, 2.24) is 24.5 Å². The second-order valence-corrected chi connectivity index (χ2v) is 5.56. The van der Waals surface area contributed by atoms with E-state index in [1.165, 1.54) is 5.56 Å². The topological polar surface area (TPSA) is 56.5 Å². The quantitative estimate of drug-likeness (QED) is 0.694. The van der Waals surface area contributed by atoms with Gasteiger partial charge in [0.05, 0.1) is 12.0 Å². The van der Waals surface area contributed by atoms with Gasteiger partial charge >= 0.3 is 0 Å². The van der Waals surface area contributed by atoms with Gasteiger partial charge in [0.15, 0.2) is 5.65 Å². The predicted molar refractivity (Wildman–Crippen MR) is 82.4 cm³/mol. The van der Waals surface area contributed by atoms with Crippen LogP contribution in [0.3, 0.4) is 0 Å². The van der Waals surface area contributed by atoms with E-state index >= 15 is 0 Å². The lowest BCUT2D eigenvalue weighted by molar-refractivity contribution is 0.612. The summed E-state index contributed by atoms with van der Waals surface area (Å²) < 4.78 is 2.01. The van der Waals surface area contributed by atoms with Crippen LogP contribution in [0.4, 0.5) is 0 Å². The van der Waals surface area contributed by atoms with Crippen LogP contribution in [0.1, 0.15) is 31.1 Å². The summed E-state index contributed by atoms with van der Waals surface area (Å²) in [5.41, 5.74) is 3.68. The Hall–Kier alpha value is -2.01. The number of hydrogen-bond donors (Lipinski definition) is 0. The molecule has 5 nitrogen and oxygen atoms in total. The van der Waals surface area contributed by atoms with Crippen LogP contribution >= 0.6 is 11.6 Å². The first kappa shape index (κ1) is 13.9. The van der Waals surface area contributed by atoms with Crippen LogP contribution in [0.15, 0.2) is 30.9 Å². The minimum atomic E-state index is 0.270. The van der Waals surface area contributed by atoms with Gasteiger partial charge in [-0.05, 0) is 49.9 Å². The highest BCUT2D eigenvalue weighted by molar-refractivity contribution is 6.28. The third kappa shape index (κ3) is 2.88. The van der Waals surface area contributed by atoms with Crippen LogP contribution in [0.2, 0.25) is 5.28 Å². The average molecular weight is 302 g/mol. The molecule has 3 rings (SSSR count). The first-order valence-corrected chi connectivity index (χ1v) is 7.31. The highest BCUT2D eigenvalue weighted by Crippen LogP contribution is 2.21. The summed E-state index contributed by atoms with van der Waals surface area (Å²) in [4.78, 5) is 17.2. The van der Waals surface area contributed by atoms with E-state index in [4.69, 9.17) is 11.6 Å². The minimum absolute atomic E-state index is 0.270. The molecule has 3 aromatic rings. The fourth-order valence-corrected chi connectivity index (χ4v) is 2.49. The van der Waals surface area contributed by atoms with Crippen molar-refractivity contribution >= 4 is 22.8 Å². The first-order chi connectivity index (χ1) is 10.1. The molecule has 0 fully saturated rings. The molecule has 0 aliphatic heterocycles. The van der Waals surface area contributed by atoms with Crippen molar-refractivity contribution in [2.45, 2.75) is 32.7 Å². The molecular formula is C15H16ClN5. The van der Waals surface area contributed by atoms with Crippen LogP contribution in [0, 0.1) is 0 Å². The van der Waals surface area contributed by atoms with Gasteiger partial charge in [-0.2, -0.15) is 4.98 Å². The minimum Gasteiger partial charge on any atom is -0.313 e. The van der Waals surface area contributed by atoms with Crippen molar-refractivity contribution in [3.05, 3.63) is 47.4 Å². The van der Waals surface area contributed by atoms with Gasteiger partial charge in [0.25, 0.3) is 0 Å². The number of hydrogen-bond acceptors (Lipinski definition) is 4. The molecule has 108 valence electrons. The fraction of sp³-hybridized carbons (Fsp3) is 0.333. The summed E-state index contributed by atoms with van der Waals surface area (Å²) in [6.07, 6.45) is 7.05. The SMILES string of the molecule is CC(C)n1cnc2c(CCc3cccnc3)nc(Cl)nc21. The van der Waals surface area contributed by atoms with E-state index in [-0.39, 0.29) is 11.3 Å². The van der Waals surface area contributed by atoms with E-state index in [0.717, 1.165) is 29.7 Å². The van der Waals surface area contributed by atoms with Gasteiger partial charge in [0.2, 0.25) is 5.28 Å². The Morgan fingerprint density at radius 1 is 1.24 bits per heavy atom. The molecule has 0 aliphatic rings. The largest absolute Gasteiger partial charge is 0.313 e. The Labute approximate surface area is 128 Å². The number of aromatic nitrogens is 5. The Morgan fingerprint density at radius 3 is 2.81 bits per heavy atom. The van der Waals surface area contributed by atoms with Crippen molar-refractivity contribution in [1.29, 1.82) is 0 Å². The Kier molecular flexibility index (Phi) is 3.84. The molecule has 3 heterocycles. The summed E-state index contributed by atoms with van der Waals surface area (Å²) >= 11 is 6.06. The molecule has 0 N–H and O–H groups in total. The monoisotopic (exact) mass is 301 g/mol. The predicted octanol–water partition coefficient (Wildman–Crippen LogP) is 3.24. The third-order valence-electron chi connectivity index (χ3n) is 3.40. The molecule has 6 heteroatoms. The van der Waals surface area contributed by atoms with E-state index in [2.05, 4.69) is 39.8 Å². The van der Waals surface area contributed by atoms with E-state index in [0.29, 0.717) is 0 Å². The lowest BCUT2D eigenvalue weighted by Gasteiger charge is -2.08.